The molecule has 0 aliphatic heterocycles. The highest BCUT2D eigenvalue weighted by atomic mass is 16.5. The molecule has 108 valence electrons. The number of ether oxygens (including phenoxy) is 1. The van der Waals surface area contributed by atoms with Crippen molar-refractivity contribution in [1.82, 2.24) is 5.32 Å². The lowest BCUT2D eigenvalue weighted by Gasteiger charge is -2.12. The predicted molar refractivity (Wildman–Crippen MR) is 79.0 cm³/mol. The third-order valence-electron chi connectivity index (χ3n) is 4.54. The van der Waals surface area contributed by atoms with Gasteiger partial charge in [-0.25, -0.2) is 0 Å². The Balaban J connectivity index is 1.49. The number of carbonyl (C=O) groups excluding carboxylic acids is 1. The van der Waals surface area contributed by atoms with Crippen LogP contribution in [0.25, 0.3) is 0 Å². The molecule has 1 amide bonds. The smallest absolute Gasteiger partial charge is 0.220 e. The Morgan fingerprint density at radius 2 is 2.20 bits per heavy atom. The summed E-state index contributed by atoms with van der Waals surface area (Å²) in [6.45, 7) is 0.807. The zero-order valence-corrected chi connectivity index (χ0v) is 12.2. The Kier molecular flexibility index (Phi) is 3.95. The fourth-order valence-electron chi connectivity index (χ4n) is 3.15. The third kappa shape index (κ3) is 3.14. The highest BCUT2D eigenvalue weighted by molar-refractivity contribution is 5.76. The van der Waals surface area contributed by atoms with Crippen molar-refractivity contribution in [3.05, 3.63) is 29.3 Å². The number of benzene rings is 1. The molecule has 1 unspecified atom stereocenters. The number of hydrogen-bond donors (Lipinski definition) is 1. The van der Waals surface area contributed by atoms with Gasteiger partial charge in [0.25, 0.3) is 0 Å². The zero-order valence-electron chi connectivity index (χ0n) is 12.2. The van der Waals surface area contributed by atoms with Crippen molar-refractivity contribution in [2.75, 3.05) is 13.7 Å². The minimum Gasteiger partial charge on any atom is -0.497 e. The average Bonchev–Trinajstić information content (AvgIpc) is 3.17. The van der Waals surface area contributed by atoms with Gasteiger partial charge >= 0.3 is 0 Å². The topological polar surface area (TPSA) is 38.3 Å². The molecular weight excluding hydrogens is 250 g/mol. The quantitative estimate of drug-likeness (QED) is 0.865. The SMILES string of the molecule is COc1ccc2c(c1)CCC2CCNC(=O)CC1CC1. The van der Waals surface area contributed by atoms with E-state index >= 15 is 0 Å². The highest BCUT2D eigenvalue weighted by Crippen LogP contribution is 2.37. The maximum atomic E-state index is 11.7. The molecule has 1 aromatic carbocycles. The Labute approximate surface area is 120 Å². The summed E-state index contributed by atoms with van der Waals surface area (Å²) in [5.41, 5.74) is 2.86. The number of fused-ring (bicyclic) bond motifs is 1. The van der Waals surface area contributed by atoms with Crippen molar-refractivity contribution in [1.29, 1.82) is 0 Å². The number of aryl methyl sites for hydroxylation is 1. The lowest BCUT2D eigenvalue weighted by molar-refractivity contribution is -0.121. The van der Waals surface area contributed by atoms with Crippen LogP contribution in [-0.4, -0.2) is 19.6 Å². The van der Waals surface area contributed by atoms with Crippen molar-refractivity contribution < 1.29 is 9.53 Å². The number of nitrogens with one attached hydrogen (secondary N) is 1. The van der Waals surface area contributed by atoms with Gasteiger partial charge in [-0.05, 0) is 67.2 Å². The van der Waals surface area contributed by atoms with Crippen LogP contribution >= 0.6 is 0 Å². The summed E-state index contributed by atoms with van der Waals surface area (Å²) in [4.78, 5) is 11.7. The molecule has 2 aliphatic carbocycles. The molecule has 0 bridgehead atoms. The summed E-state index contributed by atoms with van der Waals surface area (Å²) in [7, 11) is 1.71. The number of amides is 1. The molecule has 1 N–H and O–H groups in total. The van der Waals surface area contributed by atoms with E-state index in [1.54, 1.807) is 7.11 Å². The first-order valence-electron chi connectivity index (χ1n) is 7.70. The van der Waals surface area contributed by atoms with Gasteiger partial charge in [0.15, 0.2) is 0 Å². The van der Waals surface area contributed by atoms with Crippen LogP contribution in [0.3, 0.4) is 0 Å². The van der Waals surface area contributed by atoms with E-state index in [0.29, 0.717) is 11.8 Å². The van der Waals surface area contributed by atoms with Crippen LogP contribution in [0.15, 0.2) is 18.2 Å². The van der Waals surface area contributed by atoms with E-state index in [0.717, 1.165) is 31.6 Å². The Hall–Kier alpha value is -1.51. The molecule has 0 spiro atoms. The highest BCUT2D eigenvalue weighted by Gasteiger charge is 2.25. The largest absolute Gasteiger partial charge is 0.497 e. The molecule has 1 aromatic rings. The summed E-state index contributed by atoms with van der Waals surface area (Å²) in [5.74, 6) is 2.45. The maximum absolute atomic E-state index is 11.7. The molecule has 20 heavy (non-hydrogen) atoms. The van der Waals surface area contributed by atoms with Gasteiger partial charge in [-0.15, -0.1) is 0 Å². The summed E-state index contributed by atoms with van der Waals surface area (Å²) in [6.07, 6.45) is 6.60. The lowest BCUT2D eigenvalue weighted by Crippen LogP contribution is -2.25. The average molecular weight is 273 g/mol. The van der Waals surface area contributed by atoms with Crippen molar-refractivity contribution in [2.24, 2.45) is 5.92 Å². The van der Waals surface area contributed by atoms with Crippen LogP contribution in [0.2, 0.25) is 0 Å². The van der Waals surface area contributed by atoms with E-state index in [2.05, 4.69) is 17.4 Å². The Morgan fingerprint density at radius 3 is 2.95 bits per heavy atom. The van der Waals surface area contributed by atoms with Gasteiger partial charge in [-0.2, -0.15) is 0 Å². The molecule has 0 saturated heterocycles. The second-order valence-electron chi connectivity index (χ2n) is 6.09. The molecule has 1 fully saturated rings. The maximum Gasteiger partial charge on any atom is 0.220 e. The van der Waals surface area contributed by atoms with Gasteiger partial charge in [-0.3, -0.25) is 4.79 Å². The van der Waals surface area contributed by atoms with E-state index in [4.69, 9.17) is 4.74 Å². The third-order valence-corrected chi connectivity index (χ3v) is 4.54. The fourth-order valence-corrected chi connectivity index (χ4v) is 3.15. The van der Waals surface area contributed by atoms with Crippen molar-refractivity contribution in [3.63, 3.8) is 0 Å². The standard InChI is InChI=1S/C17H23NO2/c1-20-15-6-7-16-13(4-5-14(16)11-15)8-9-18-17(19)10-12-2-3-12/h6-7,11-13H,2-5,8-10H2,1H3,(H,18,19). The van der Waals surface area contributed by atoms with E-state index < -0.39 is 0 Å². The van der Waals surface area contributed by atoms with Crippen molar-refractivity contribution in [2.45, 2.75) is 44.4 Å². The van der Waals surface area contributed by atoms with Gasteiger partial charge in [-0.1, -0.05) is 6.07 Å². The minimum atomic E-state index is 0.237. The van der Waals surface area contributed by atoms with E-state index in [1.165, 1.54) is 30.4 Å². The molecular formula is C17H23NO2. The first-order chi connectivity index (χ1) is 9.76. The van der Waals surface area contributed by atoms with Gasteiger partial charge in [0.05, 0.1) is 7.11 Å². The Bertz CT molecular complexity index is 494. The van der Waals surface area contributed by atoms with Crippen LogP contribution in [0.5, 0.6) is 5.75 Å². The van der Waals surface area contributed by atoms with E-state index in [9.17, 15) is 4.79 Å². The van der Waals surface area contributed by atoms with Gasteiger partial charge in [0.1, 0.15) is 5.75 Å². The molecule has 2 aliphatic rings. The number of methoxy groups -OCH3 is 1. The molecule has 3 heteroatoms. The summed E-state index contributed by atoms with van der Waals surface area (Å²) in [5, 5.41) is 3.07. The van der Waals surface area contributed by atoms with Crippen LogP contribution in [0.1, 0.15) is 49.1 Å². The molecule has 3 nitrogen and oxygen atoms in total. The van der Waals surface area contributed by atoms with Crippen molar-refractivity contribution >= 4 is 5.91 Å². The number of hydrogen-bond acceptors (Lipinski definition) is 2. The first-order valence-corrected chi connectivity index (χ1v) is 7.70. The molecule has 1 saturated carbocycles. The van der Waals surface area contributed by atoms with Crippen LogP contribution in [0, 0.1) is 5.92 Å². The first kappa shape index (κ1) is 13.5. The van der Waals surface area contributed by atoms with Crippen LogP contribution in [-0.2, 0) is 11.2 Å². The second-order valence-corrected chi connectivity index (χ2v) is 6.09. The zero-order chi connectivity index (χ0) is 13.9. The minimum absolute atomic E-state index is 0.237. The monoisotopic (exact) mass is 273 g/mol. The van der Waals surface area contributed by atoms with Crippen LogP contribution in [0.4, 0.5) is 0 Å². The lowest BCUT2D eigenvalue weighted by atomic mass is 9.98. The van der Waals surface area contributed by atoms with E-state index in [-0.39, 0.29) is 5.91 Å². The predicted octanol–water partition coefficient (Wildman–Crippen LogP) is 3.03. The van der Waals surface area contributed by atoms with Gasteiger partial charge < -0.3 is 10.1 Å². The fraction of sp³-hybridized carbons (Fsp3) is 0.588. The molecule has 0 heterocycles. The second kappa shape index (κ2) is 5.86. The molecule has 3 rings (SSSR count). The summed E-state index contributed by atoms with van der Waals surface area (Å²) >= 11 is 0. The molecule has 0 aromatic heterocycles. The normalized spacial score (nSPS) is 20.6. The number of carbonyl (C=O) groups is 1. The number of rotatable bonds is 6. The molecule has 0 radical (unpaired) electrons. The summed E-state index contributed by atoms with van der Waals surface area (Å²) < 4.78 is 5.27. The van der Waals surface area contributed by atoms with Gasteiger partial charge in [0.2, 0.25) is 5.91 Å². The van der Waals surface area contributed by atoms with Crippen molar-refractivity contribution in [3.8, 4) is 5.75 Å². The van der Waals surface area contributed by atoms with Crippen LogP contribution < -0.4 is 10.1 Å². The van der Waals surface area contributed by atoms with Gasteiger partial charge in [0, 0.05) is 13.0 Å². The van der Waals surface area contributed by atoms with E-state index in [1.807, 2.05) is 6.07 Å². The summed E-state index contributed by atoms with van der Waals surface area (Å²) in [6, 6.07) is 6.39. The Morgan fingerprint density at radius 1 is 1.35 bits per heavy atom. The molecule has 1 atom stereocenters.